The Morgan fingerprint density at radius 2 is 1.95 bits per heavy atom. The van der Waals surface area contributed by atoms with Gasteiger partial charge in [0.25, 0.3) is 0 Å². The summed E-state index contributed by atoms with van der Waals surface area (Å²) in [6, 6.07) is 6.77. The summed E-state index contributed by atoms with van der Waals surface area (Å²) in [5.74, 6) is 0. The number of hydrogen-bond acceptors (Lipinski definition) is 4. The van der Waals surface area contributed by atoms with Gasteiger partial charge >= 0.3 is 0 Å². The predicted molar refractivity (Wildman–Crippen MR) is 90.7 cm³/mol. The fraction of sp³-hybridized carbons (Fsp3) is 0.462. The molecule has 0 radical (unpaired) electrons. The second-order valence-corrected chi connectivity index (χ2v) is 8.30. The number of piperazine rings is 1. The minimum atomic E-state index is -3.44. The Labute approximate surface area is 139 Å². The van der Waals surface area contributed by atoms with E-state index in [1.54, 1.807) is 24.3 Å². The lowest BCUT2D eigenvalue weighted by Gasteiger charge is -2.36. The van der Waals surface area contributed by atoms with E-state index in [1.807, 2.05) is 6.92 Å². The summed E-state index contributed by atoms with van der Waals surface area (Å²) in [7, 11) is -3.44. The van der Waals surface area contributed by atoms with Crippen molar-refractivity contribution in [2.24, 2.45) is 5.73 Å². The molecule has 0 amide bonds. The van der Waals surface area contributed by atoms with Crippen LogP contribution in [0.2, 0.25) is 0 Å². The SMILES string of the molecule is CC(C(N)=S)N1CCN(S(=O)(=O)c2cccc(Br)c2)CC1. The number of halogens is 1. The van der Waals surface area contributed by atoms with Gasteiger partial charge in [0, 0.05) is 30.7 Å². The highest BCUT2D eigenvalue weighted by Gasteiger charge is 2.30. The molecule has 0 aliphatic carbocycles. The van der Waals surface area contributed by atoms with Gasteiger partial charge in [-0.15, -0.1) is 0 Å². The fourth-order valence-corrected chi connectivity index (χ4v) is 4.46. The average Bonchev–Trinajstić information content (AvgIpc) is 2.46. The molecule has 1 heterocycles. The topological polar surface area (TPSA) is 66.6 Å². The molecular weight excluding hydrogens is 374 g/mol. The van der Waals surface area contributed by atoms with E-state index in [0.29, 0.717) is 36.1 Å². The van der Waals surface area contributed by atoms with Gasteiger partial charge in [0.2, 0.25) is 10.0 Å². The van der Waals surface area contributed by atoms with Gasteiger partial charge in [-0.25, -0.2) is 8.42 Å². The van der Waals surface area contributed by atoms with Crippen molar-refractivity contribution >= 4 is 43.2 Å². The Bertz CT molecular complexity index is 628. The molecule has 1 saturated heterocycles. The van der Waals surface area contributed by atoms with Crippen LogP contribution in [-0.2, 0) is 10.0 Å². The van der Waals surface area contributed by atoms with E-state index in [-0.39, 0.29) is 6.04 Å². The van der Waals surface area contributed by atoms with Gasteiger partial charge in [0.05, 0.1) is 15.9 Å². The maximum atomic E-state index is 12.6. The second-order valence-electron chi connectivity index (χ2n) is 4.98. The van der Waals surface area contributed by atoms with E-state index < -0.39 is 10.0 Å². The third kappa shape index (κ3) is 3.81. The van der Waals surface area contributed by atoms with Gasteiger partial charge in [-0.1, -0.05) is 34.2 Å². The normalized spacial score (nSPS) is 19.3. The maximum absolute atomic E-state index is 12.6. The molecule has 1 unspecified atom stereocenters. The van der Waals surface area contributed by atoms with Crippen molar-refractivity contribution in [3.05, 3.63) is 28.7 Å². The lowest BCUT2D eigenvalue weighted by molar-refractivity contribution is 0.175. The number of nitrogens with two attached hydrogens (primary N) is 1. The molecule has 116 valence electrons. The van der Waals surface area contributed by atoms with Crippen molar-refractivity contribution in [3.63, 3.8) is 0 Å². The summed E-state index contributed by atoms with van der Waals surface area (Å²) in [4.78, 5) is 2.86. The van der Waals surface area contributed by atoms with Gasteiger partial charge < -0.3 is 5.73 Å². The van der Waals surface area contributed by atoms with E-state index >= 15 is 0 Å². The van der Waals surface area contributed by atoms with Crippen LogP contribution in [0.1, 0.15) is 6.92 Å². The minimum absolute atomic E-state index is 0.00396. The Hall–Kier alpha value is -0.540. The van der Waals surface area contributed by atoms with Crippen LogP contribution in [0.25, 0.3) is 0 Å². The smallest absolute Gasteiger partial charge is 0.243 e. The highest BCUT2D eigenvalue weighted by Crippen LogP contribution is 2.21. The number of thiocarbonyl (C=S) groups is 1. The molecule has 1 aromatic carbocycles. The summed E-state index contributed by atoms with van der Waals surface area (Å²) >= 11 is 8.30. The Morgan fingerprint density at radius 1 is 1.33 bits per heavy atom. The van der Waals surface area contributed by atoms with Crippen molar-refractivity contribution in [3.8, 4) is 0 Å². The maximum Gasteiger partial charge on any atom is 0.243 e. The van der Waals surface area contributed by atoms with Crippen molar-refractivity contribution in [1.82, 2.24) is 9.21 Å². The number of benzene rings is 1. The van der Waals surface area contributed by atoms with Crippen molar-refractivity contribution in [2.45, 2.75) is 17.9 Å². The molecule has 1 aliphatic rings. The quantitative estimate of drug-likeness (QED) is 0.786. The summed E-state index contributed by atoms with van der Waals surface area (Å²) < 4.78 is 27.4. The van der Waals surface area contributed by atoms with Crippen LogP contribution in [0, 0.1) is 0 Å². The zero-order chi connectivity index (χ0) is 15.6. The molecule has 1 aromatic rings. The summed E-state index contributed by atoms with van der Waals surface area (Å²) in [5, 5.41) is 0. The lowest BCUT2D eigenvalue weighted by atomic mass is 10.2. The first-order valence-corrected chi connectivity index (χ1v) is 9.25. The van der Waals surface area contributed by atoms with Crippen LogP contribution in [0.4, 0.5) is 0 Å². The zero-order valence-electron chi connectivity index (χ0n) is 11.7. The third-order valence-electron chi connectivity index (χ3n) is 3.67. The van der Waals surface area contributed by atoms with Gasteiger partial charge in [-0.3, -0.25) is 4.90 Å². The average molecular weight is 392 g/mol. The first kappa shape index (κ1) is 16.8. The van der Waals surface area contributed by atoms with Gasteiger partial charge in [0.15, 0.2) is 0 Å². The fourth-order valence-electron chi connectivity index (χ4n) is 2.29. The van der Waals surface area contributed by atoms with Crippen LogP contribution < -0.4 is 5.73 Å². The molecule has 2 rings (SSSR count). The molecule has 21 heavy (non-hydrogen) atoms. The highest BCUT2D eigenvalue weighted by atomic mass is 79.9. The molecule has 1 aliphatic heterocycles. The Kier molecular flexibility index (Phi) is 5.37. The number of hydrogen-bond donors (Lipinski definition) is 1. The van der Waals surface area contributed by atoms with Crippen LogP contribution in [0.5, 0.6) is 0 Å². The summed E-state index contributed by atoms with van der Waals surface area (Å²) in [5.41, 5.74) is 5.65. The molecule has 5 nitrogen and oxygen atoms in total. The van der Waals surface area contributed by atoms with E-state index in [0.717, 1.165) is 4.47 Å². The molecule has 1 fully saturated rings. The highest BCUT2D eigenvalue weighted by molar-refractivity contribution is 9.10. The Morgan fingerprint density at radius 3 is 2.48 bits per heavy atom. The number of rotatable bonds is 4. The standard InChI is InChI=1S/C13H18BrN3O2S2/c1-10(13(15)20)16-5-7-17(8-6-16)21(18,19)12-4-2-3-11(14)9-12/h2-4,9-10H,5-8H2,1H3,(H2,15,20). The Balaban J connectivity index is 2.09. The van der Waals surface area contributed by atoms with Gasteiger partial charge in [-0.05, 0) is 25.1 Å². The molecule has 2 N–H and O–H groups in total. The van der Waals surface area contributed by atoms with Crippen LogP contribution in [0.3, 0.4) is 0 Å². The minimum Gasteiger partial charge on any atom is -0.392 e. The van der Waals surface area contributed by atoms with Crippen LogP contribution in [-0.4, -0.2) is 54.8 Å². The predicted octanol–water partition coefficient (Wildman–Crippen LogP) is 1.43. The molecule has 0 aromatic heterocycles. The summed E-state index contributed by atoms with van der Waals surface area (Å²) in [6.45, 7) is 4.10. The largest absolute Gasteiger partial charge is 0.392 e. The van der Waals surface area contributed by atoms with E-state index in [2.05, 4.69) is 20.8 Å². The molecule has 8 heteroatoms. The van der Waals surface area contributed by atoms with E-state index in [9.17, 15) is 8.42 Å². The summed E-state index contributed by atoms with van der Waals surface area (Å²) in [6.07, 6.45) is 0. The third-order valence-corrected chi connectivity index (χ3v) is 6.40. The van der Waals surface area contributed by atoms with Crippen molar-refractivity contribution in [1.29, 1.82) is 0 Å². The molecule has 0 saturated carbocycles. The molecule has 0 spiro atoms. The van der Waals surface area contributed by atoms with Crippen molar-refractivity contribution < 1.29 is 8.42 Å². The molecule has 1 atom stereocenters. The van der Waals surface area contributed by atoms with E-state index in [1.165, 1.54) is 4.31 Å². The monoisotopic (exact) mass is 391 g/mol. The first-order chi connectivity index (χ1) is 9.82. The van der Waals surface area contributed by atoms with Gasteiger partial charge in [0.1, 0.15) is 0 Å². The number of sulfonamides is 1. The number of nitrogens with zero attached hydrogens (tertiary/aromatic N) is 2. The first-order valence-electron chi connectivity index (χ1n) is 6.61. The van der Waals surface area contributed by atoms with Crippen LogP contribution >= 0.6 is 28.1 Å². The zero-order valence-corrected chi connectivity index (χ0v) is 14.9. The van der Waals surface area contributed by atoms with Gasteiger partial charge in [-0.2, -0.15) is 4.31 Å². The molecular formula is C13H18BrN3O2S2. The van der Waals surface area contributed by atoms with Crippen molar-refractivity contribution in [2.75, 3.05) is 26.2 Å². The van der Waals surface area contributed by atoms with E-state index in [4.69, 9.17) is 18.0 Å². The molecule has 0 bridgehead atoms. The van der Waals surface area contributed by atoms with Crippen LogP contribution in [0.15, 0.2) is 33.6 Å². The lowest BCUT2D eigenvalue weighted by Crippen LogP contribution is -2.53. The second kappa shape index (κ2) is 6.70.